The monoisotopic (exact) mass is 278 g/mol. The van der Waals surface area contributed by atoms with E-state index in [2.05, 4.69) is 4.98 Å². The summed E-state index contributed by atoms with van der Waals surface area (Å²) < 4.78 is 7.11. The molecule has 1 aromatic heterocycles. The molecular weight excluding hydrogens is 260 g/mol. The third-order valence-corrected chi connectivity index (χ3v) is 3.11. The standard InChI is InChI=1S/C14H18N2O4/c1-4-20-14(2,3)8-16-10-7-5-6-9(12(17)18)11(10)15-13(16)19/h5-7H,4,8H2,1-3H3,(H,15,19)(H,17,18). The zero-order chi connectivity index (χ0) is 14.9. The summed E-state index contributed by atoms with van der Waals surface area (Å²) in [7, 11) is 0. The molecule has 0 radical (unpaired) electrons. The minimum absolute atomic E-state index is 0.0903. The largest absolute Gasteiger partial charge is 0.478 e. The predicted molar refractivity (Wildman–Crippen MR) is 75.2 cm³/mol. The first-order chi connectivity index (χ1) is 9.35. The summed E-state index contributed by atoms with van der Waals surface area (Å²) >= 11 is 0. The molecule has 2 N–H and O–H groups in total. The van der Waals surface area contributed by atoms with E-state index in [0.29, 0.717) is 24.2 Å². The van der Waals surface area contributed by atoms with Crippen LogP contribution in [0.1, 0.15) is 31.1 Å². The molecule has 0 saturated heterocycles. The van der Waals surface area contributed by atoms with Crippen LogP contribution < -0.4 is 5.69 Å². The van der Waals surface area contributed by atoms with Crippen molar-refractivity contribution in [3.8, 4) is 0 Å². The molecule has 0 fully saturated rings. The SMILES string of the molecule is CCOC(C)(C)Cn1c(=O)[nH]c2c(C(=O)O)cccc21. The number of ether oxygens (including phenoxy) is 1. The second-order valence-corrected chi connectivity index (χ2v) is 5.21. The first-order valence-electron chi connectivity index (χ1n) is 6.44. The van der Waals surface area contributed by atoms with Gasteiger partial charge in [0.2, 0.25) is 0 Å². The number of para-hydroxylation sites is 1. The molecule has 0 amide bonds. The molecule has 2 aromatic rings. The third kappa shape index (κ3) is 2.60. The lowest BCUT2D eigenvalue weighted by Crippen LogP contribution is -2.34. The van der Waals surface area contributed by atoms with E-state index >= 15 is 0 Å². The highest BCUT2D eigenvalue weighted by Gasteiger charge is 2.22. The maximum Gasteiger partial charge on any atom is 0.337 e. The van der Waals surface area contributed by atoms with Crippen LogP contribution in [0.25, 0.3) is 11.0 Å². The van der Waals surface area contributed by atoms with Gasteiger partial charge in [-0.05, 0) is 32.9 Å². The fourth-order valence-electron chi connectivity index (χ4n) is 2.33. The van der Waals surface area contributed by atoms with E-state index in [1.54, 1.807) is 12.1 Å². The van der Waals surface area contributed by atoms with Crippen molar-refractivity contribution in [1.29, 1.82) is 0 Å². The van der Waals surface area contributed by atoms with Gasteiger partial charge in [0.1, 0.15) is 0 Å². The molecule has 0 spiro atoms. The Labute approximate surface area is 116 Å². The first kappa shape index (κ1) is 14.3. The molecule has 0 saturated carbocycles. The summed E-state index contributed by atoms with van der Waals surface area (Å²) in [5, 5.41) is 9.14. The first-order valence-corrected chi connectivity index (χ1v) is 6.44. The topological polar surface area (TPSA) is 84.3 Å². The minimum atomic E-state index is -1.06. The van der Waals surface area contributed by atoms with Gasteiger partial charge >= 0.3 is 11.7 Å². The van der Waals surface area contributed by atoms with E-state index in [9.17, 15) is 9.59 Å². The van der Waals surface area contributed by atoms with Gasteiger partial charge in [0.05, 0.1) is 28.7 Å². The van der Waals surface area contributed by atoms with Crippen molar-refractivity contribution in [3.63, 3.8) is 0 Å². The van der Waals surface area contributed by atoms with Crippen molar-refractivity contribution < 1.29 is 14.6 Å². The molecule has 0 aliphatic rings. The minimum Gasteiger partial charge on any atom is -0.478 e. The van der Waals surface area contributed by atoms with Crippen LogP contribution in [0.3, 0.4) is 0 Å². The summed E-state index contributed by atoms with van der Waals surface area (Å²) in [6.07, 6.45) is 0. The summed E-state index contributed by atoms with van der Waals surface area (Å²) in [5.41, 5.74) is 0.168. The fourth-order valence-corrected chi connectivity index (χ4v) is 2.33. The average Bonchev–Trinajstić information content (AvgIpc) is 2.65. The third-order valence-electron chi connectivity index (χ3n) is 3.11. The van der Waals surface area contributed by atoms with E-state index < -0.39 is 11.6 Å². The number of aromatic amines is 1. The summed E-state index contributed by atoms with van der Waals surface area (Å²) in [5.74, 6) is -1.06. The summed E-state index contributed by atoms with van der Waals surface area (Å²) in [6.45, 7) is 6.57. The number of H-pyrrole nitrogens is 1. The van der Waals surface area contributed by atoms with Crippen LogP contribution >= 0.6 is 0 Å². The van der Waals surface area contributed by atoms with E-state index in [4.69, 9.17) is 9.84 Å². The van der Waals surface area contributed by atoms with Gasteiger partial charge in [-0.3, -0.25) is 4.57 Å². The van der Waals surface area contributed by atoms with Gasteiger partial charge in [-0.2, -0.15) is 0 Å². The highest BCUT2D eigenvalue weighted by atomic mass is 16.5. The number of rotatable bonds is 5. The van der Waals surface area contributed by atoms with Crippen molar-refractivity contribution in [1.82, 2.24) is 9.55 Å². The number of nitrogens with one attached hydrogen (secondary N) is 1. The molecule has 6 nitrogen and oxygen atoms in total. The second-order valence-electron chi connectivity index (χ2n) is 5.21. The van der Waals surface area contributed by atoms with Crippen molar-refractivity contribution in [2.75, 3.05) is 6.61 Å². The van der Waals surface area contributed by atoms with Crippen LogP contribution in [-0.4, -0.2) is 32.8 Å². The van der Waals surface area contributed by atoms with Crippen molar-refractivity contribution >= 4 is 17.0 Å². The predicted octanol–water partition coefficient (Wildman–Crippen LogP) is 1.84. The van der Waals surface area contributed by atoms with E-state index in [0.717, 1.165) is 0 Å². The van der Waals surface area contributed by atoms with Gasteiger partial charge in [-0.1, -0.05) is 6.07 Å². The highest BCUT2D eigenvalue weighted by Crippen LogP contribution is 2.19. The fraction of sp³-hybridized carbons (Fsp3) is 0.429. The smallest absolute Gasteiger partial charge is 0.337 e. The van der Waals surface area contributed by atoms with Gasteiger partial charge in [0, 0.05) is 6.61 Å². The van der Waals surface area contributed by atoms with Crippen molar-refractivity contribution in [3.05, 3.63) is 34.2 Å². The van der Waals surface area contributed by atoms with Crippen LogP contribution in [0.5, 0.6) is 0 Å². The Kier molecular flexibility index (Phi) is 3.67. The number of aromatic carboxylic acids is 1. The number of carboxylic acids is 1. The Balaban J connectivity index is 2.55. The molecule has 20 heavy (non-hydrogen) atoms. The summed E-state index contributed by atoms with van der Waals surface area (Å²) in [4.78, 5) is 25.8. The lowest BCUT2D eigenvalue weighted by Gasteiger charge is -2.24. The number of carboxylic acid groups (broad SMARTS) is 1. The Bertz CT molecular complexity index is 697. The van der Waals surface area contributed by atoms with E-state index in [-0.39, 0.29) is 11.3 Å². The van der Waals surface area contributed by atoms with E-state index in [1.807, 2.05) is 20.8 Å². The molecule has 0 aliphatic heterocycles. The number of hydrogen-bond donors (Lipinski definition) is 2. The Hall–Kier alpha value is -2.08. The van der Waals surface area contributed by atoms with Crippen LogP contribution in [0.15, 0.2) is 23.0 Å². The summed E-state index contributed by atoms with van der Waals surface area (Å²) in [6, 6.07) is 4.82. The Morgan fingerprint density at radius 3 is 2.75 bits per heavy atom. The van der Waals surface area contributed by atoms with Crippen LogP contribution in [0, 0.1) is 0 Å². The molecule has 2 rings (SSSR count). The van der Waals surface area contributed by atoms with Crippen LogP contribution in [-0.2, 0) is 11.3 Å². The van der Waals surface area contributed by atoms with Crippen LogP contribution in [0.2, 0.25) is 0 Å². The lowest BCUT2D eigenvalue weighted by molar-refractivity contribution is -0.0222. The molecule has 1 heterocycles. The Morgan fingerprint density at radius 1 is 1.45 bits per heavy atom. The molecule has 1 aromatic carbocycles. The molecule has 0 atom stereocenters. The molecule has 0 bridgehead atoms. The van der Waals surface area contributed by atoms with Crippen molar-refractivity contribution in [2.45, 2.75) is 32.9 Å². The van der Waals surface area contributed by atoms with Gasteiger partial charge in [-0.25, -0.2) is 9.59 Å². The molecule has 6 heteroatoms. The molecule has 0 unspecified atom stereocenters. The Morgan fingerprint density at radius 2 is 2.15 bits per heavy atom. The number of fused-ring (bicyclic) bond motifs is 1. The lowest BCUT2D eigenvalue weighted by atomic mass is 10.1. The van der Waals surface area contributed by atoms with Gasteiger partial charge in [0.25, 0.3) is 0 Å². The maximum atomic E-state index is 12.1. The number of aromatic nitrogens is 2. The number of imidazole rings is 1. The number of hydrogen-bond acceptors (Lipinski definition) is 3. The highest BCUT2D eigenvalue weighted by molar-refractivity contribution is 6.00. The second kappa shape index (κ2) is 5.13. The normalized spacial score (nSPS) is 11.9. The van der Waals surface area contributed by atoms with E-state index in [1.165, 1.54) is 10.6 Å². The molecule has 108 valence electrons. The number of carbonyl (C=O) groups is 1. The molecule has 0 aliphatic carbocycles. The zero-order valence-electron chi connectivity index (χ0n) is 11.8. The van der Waals surface area contributed by atoms with Gasteiger partial charge in [0.15, 0.2) is 0 Å². The van der Waals surface area contributed by atoms with Gasteiger partial charge < -0.3 is 14.8 Å². The number of benzene rings is 1. The quantitative estimate of drug-likeness (QED) is 0.874. The zero-order valence-corrected chi connectivity index (χ0v) is 11.8. The average molecular weight is 278 g/mol. The van der Waals surface area contributed by atoms with Crippen LogP contribution in [0.4, 0.5) is 0 Å². The van der Waals surface area contributed by atoms with Gasteiger partial charge in [-0.15, -0.1) is 0 Å². The molecular formula is C14H18N2O4. The number of nitrogens with zero attached hydrogens (tertiary/aromatic N) is 1. The maximum absolute atomic E-state index is 12.1. The van der Waals surface area contributed by atoms with Crippen molar-refractivity contribution in [2.24, 2.45) is 0 Å².